The van der Waals surface area contributed by atoms with E-state index in [4.69, 9.17) is 0 Å². The summed E-state index contributed by atoms with van der Waals surface area (Å²) in [6, 6.07) is 10.1. The SMILES string of the molecule is CC(C)(C)c1cc2nc(-c3ccccc3F)cc(C(=O)NC3CC3)n2n1. The molecule has 0 radical (unpaired) electrons. The lowest BCUT2D eigenvalue weighted by atomic mass is 9.93. The van der Waals surface area contributed by atoms with E-state index in [0.717, 1.165) is 18.5 Å². The molecule has 0 aliphatic heterocycles. The number of aromatic nitrogens is 3. The molecule has 0 saturated heterocycles. The van der Waals surface area contributed by atoms with Crippen LogP contribution in [0.1, 0.15) is 49.8 Å². The Labute approximate surface area is 151 Å². The van der Waals surface area contributed by atoms with Crippen LogP contribution in [0.5, 0.6) is 0 Å². The van der Waals surface area contributed by atoms with E-state index >= 15 is 0 Å². The Balaban J connectivity index is 1.91. The van der Waals surface area contributed by atoms with E-state index in [1.54, 1.807) is 28.8 Å². The van der Waals surface area contributed by atoms with Crippen LogP contribution in [-0.4, -0.2) is 26.5 Å². The highest BCUT2D eigenvalue weighted by Gasteiger charge is 2.27. The van der Waals surface area contributed by atoms with Crippen molar-refractivity contribution in [2.75, 3.05) is 0 Å². The van der Waals surface area contributed by atoms with E-state index < -0.39 is 0 Å². The number of fused-ring (bicyclic) bond motifs is 1. The largest absolute Gasteiger partial charge is 0.348 e. The van der Waals surface area contributed by atoms with Crippen molar-refractivity contribution in [3.05, 3.63) is 53.6 Å². The van der Waals surface area contributed by atoms with Gasteiger partial charge in [-0.25, -0.2) is 13.9 Å². The monoisotopic (exact) mass is 352 g/mol. The molecule has 0 atom stereocenters. The highest BCUT2D eigenvalue weighted by atomic mass is 19.1. The summed E-state index contributed by atoms with van der Waals surface area (Å²) < 4.78 is 15.8. The zero-order valence-corrected chi connectivity index (χ0v) is 15.1. The maximum atomic E-state index is 14.3. The second kappa shape index (κ2) is 5.90. The van der Waals surface area contributed by atoms with Gasteiger partial charge in [-0.1, -0.05) is 32.9 Å². The smallest absolute Gasteiger partial charge is 0.270 e. The number of hydrogen-bond acceptors (Lipinski definition) is 3. The van der Waals surface area contributed by atoms with Crippen molar-refractivity contribution in [2.45, 2.75) is 45.1 Å². The van der Waals surface area contributed by atoms with Crippen LogP contribution in [0.4, 0.5) is 4.39 Å². The molecule has 26 heavy (non-hydrogen) atoms. The van der Waals surface area contributed by atoms with Crippen LogP contribution in [-0.2, 0) is 5.41 Å². The normalized spacial score (nSPS) is 14.6. The molecule has 1 amide bonds. The van der Waals surface area contributed by atoms with Crippen LogP contribution >= 0.6 is 0 Å². The van der Waals surface area contributed by atoms with Crippen molar-refractivity contribution in [1.82, 2.24) is 19.9 Å². The number of carbonyl (C=O) groups excluding carboxylic acids is 1. The maximum Gasteiger partial charge on any atom is 0.270 e. The minimum Gasteiger partial charge on any atom is -0.348 e. The first kappa shape index (κ1) is 16.7. The molecule has 3 aromatic rings. The van der Waals surface area contributed by atoms with Crippen LogP contribution in [0.2, 0.25) is 0 Å². The summed E-state index contributed by atoms with van der Waals surface area (Å²) in [6.45, 7) is 6.16. The number of carbonyl (C=O) groups is 1. The Bertz CT molecular complexity index is 999. The summed E-state index contributed by atoms with van der Waals surface area (Å²) in [5, 5.41) is 7.57. The quantitative estimate of drug-likeness (QED) is 0.781. The van der Waals surface area contributed by atoms with E-state index in [2.05, 4.69) is 36.2 Å². The molecule has 2 heterocycles. The predicted molar refractivity (Wildman–Crippen MR) is 97.6 cm³/mol. The van der Waals surface area contributed by atoms with Crippen LogP contribution < -0.4 is 5.32 Å². The first-order chi connectivity index (χ1) is 12.3. The lowest BCUT2D eigenvalue weighted by Crippen LogP contribution is -2.28. The second-order valence-corrected chi connectivity index (χ2v) is 7.80. The number of rotatable bonds is 3. The number of halogens is 1. The molecule has 2 aromatic heterocycles. The number of benzene rings is 1. The van der Waals surface area contributed by atoms with Crippen LogP contribution in [0.15, 0.2) is 36.4 Å². The van der Waals surface area contributed by atoms with Gasteiger partial charge in [0.15, 0.2) is 5.65 Å². The summed E-state index contributed by atoms with van der Waals surface area (Å²) in [5.74, 6) is -0.575. The van der Waals surface area contributed by atoms with Crippen molar-refractivity contribution < 1.29 is 9.18 Å². The molecule has 134 valence electrons. The second-order valence-electron chi connectivity index (χ2n) is 7.80. The molecule has 1 fully saturated rings. The van der Waals surface area contributed by atoms with Gasteiger partial charge in [-0.05, 0) is 31.0 Å². The van der Waals surface area contributed by atoms with E-state index in [0.29, 0.717) is 22.6 Å². The lowest BCUT2D eigenvalue weighted by molar-refractivity contribution is 0.0943. The van der Waals surface area contributed by atoms with Gasteiger partial charge < -0.3 is 5.32 Å². The fraction of sp³-hybridized carbons (Fsp3) is 0.350. The fourth-order valence-corrected chi connectivity index (χ4v) is 2.80. The Kier molecular flexibility index (Phi) is 3.79. The molecule has 5 nitrogen and oxygen atoms in total. The van der Waals surface area contributed by atoms with Gasteiger partial charge in [-0.3, -0.25) is 4.79 Å². The minimum atomic E-state index is -0.367. The Morgan fingerprint density at radius 2 is 1.96 bits per heavy atom. The van der Waals surface area contributed by atoms with Gasteiger partial charge in [0.05, 0.1) is 11.4 Å². The molecule has 1 N–H and O–H groups in total. The number of nitrogens with zero attached hydrogens (tertiary/aromatic N) is 3. The molecule has 4 rings (SSSR count). The number of hydrogen-bond donors (Lipinski definition) is 1. The summed E-state index contributed by atoms with van der Waals surface area (Å²) in [6.07, 6.45) is 1.99. The third-order valence-corrected chi connectivity index (χ3v) is 4.49. The summed E-state index contributed by atoms with van der Waals surface area (Å²) in [4.78, 5) is 17.3. The van der Waals surface area contributed by atoms with Gasteiger partial charge in [0.1, 0.15) is 11.5 Å². The van der Waals surface area contributed by atoms with E-state index in [-0.39, 0.29) is 23.2 Å². The molecule has 1 saturated carbocycles. The third-order valence-electron chi connectivity index (χ3n) is 4.49. The predicted octanol–water partition coefficient (Wildman–Crippen LogP) is 3.73. The standard InChI is InChI=1S/C20H21FN4O/c1-20(2,3)17-11-18-23-15(13-6-4-5-7-14(13)21)10-16(25(18)24-17)19(26)22-12-8-9-12/h4-7,10-12H,8-9H2,1-3H3,(H,22,26). The summed E-state index contributed by atoms with van der Waals surface area (Å²) in [5.41, 5.74) is 2.35. The van der Waals surface area contributed by atoms with Crippen molar-refractivity contribution in [2.24, 2.45) is 0 Å². The van der Waals surface area contributed by atoms with Crippen molar-refractivity contribution in [3.63, 3.8) is 0 Å². The molecular formula is C20H21FN4O. The van der Waals surface area contributed by atoms with E-state index in [1.807, 2.05) is 6.07 Å². The highest BCUT2D eigenvalue weighted by molar-refractivity contribution is 5.94. The van der Waals surface area contributed by atoms with Crippen molar-refractivity contribution in [1.29, 1.82) is 0 Å². The van der Waals surface area contributed by atoms with Crippen LogP contribution in [0.25, 0.3) is 16.9 Å². The van der Waals surface area contributed by atoms with Gasteiger partial charge in [0.2, 0.25) is 0 Å². The first-order valence-corrected chi connectivity index (χ1v) is 8.80. The van der Waals surface area contributed by atoms with E-state index in [9.17, 15) is 9.18 Å². The Morgan fingerprint density at radius 3 is 2.62 bits per heavy atom. The first-order valence-electron chi connectivity index (χ1n) is 8.80. The van der Waals surface area contributed by atoms with Crippen molar-refractivity contribution >= 4 is 11.6 Å². The van der Waals surface area contributed by atoms with Gasteiger partial charge in [-0.15, -0.1) is 0 Å². The topological polar surface area (TPSA) is 59.3 Å². The summed E-state index contributed by atoms with van der Waals surface area (Å²) in [7, 11) is 0. The Hall–Kier alpha value is -2.76. The molecule has 6 heteroatoms. The summed E-state index contributed by atoms with van der Waals surface area (Å²) >= 11 is 0. The van der Waals surface area contributed by atoms with Crippen LogP contribution in [0, 0.1) is 5.82 Å². The Morgan fingerprint density at radius 1 is 1.23 bits per heavy atom. The van der Waals surface area contributed by atoms with Crippen molar-refractivity contribution in [3.8, 4) is 11.3 Å². The van der Waals surface area contributed by atoms with Gasteiger partial charge >= 0.3 is 0 Å². The number of amides is 1. The van der Waals surface area contributed by atoms with Crippen LogP contribution in [0.3, 0.4) is 0 Å². The minimum absolute atomic E-state index is 0.184. The molecule has 1 aliphatic carbocycles. The molecule has 1 aromatic carbocycles. The number of nitrogens with one attached hydrogen (secondary N) is 1. The van der Waals surface area contributed by atoms with E-state index in [1.165, 1.54) is 6.07 Å². The molecule has 0 unspecified atom stereocenters. The third kappa shape index (κ3) is 3.07. The molecule has 0 spiro atoms. The lowest BCUT2D eigenvalue weighted by Gasteiger charge is -2.13. The highest BCUT2D eigenvalue weighted by Crippen LogP contribution is 2.27. The molecule has 0 bridgehead atoms. The average Bonchev–Trinajstić information content (AvgIpc) is 3.27. The average molecular weight is 352 g/mol. The van der Waals surface area contributed by atoms with Gasteiger partial charge in [0, 0.05) is 23.1 Å². The zero-order chi connectivity index (χ0) is 18.5. The molecular weight excluding hydrogens is 331 g/mol. The molecule has 1 aliphatic rings. The van der Waals surface area contributed by atoms with Gasteiger partial charge in [-0.2, -0.15) is 5.10 Å². The van der Waals surface area contributed by atoms with Gasteiger partial charge in [0.25, 0.3) is 5.91 Å². The fourth-order valence-electron chi connectivity index (χ4n) is 2.80. The zero-order valence-electron chi connectivity index (χ0n) is 15.1. The maximum absolute atomic E-state index is 14.3.